The summed E-state index contributed by atoms with van der Waals surface area (Å²) in [7, 11) is 2.93. The molecule has 0 saturated carbocycles. The number of carbonyl (C=O) groups excluding carboxylic acids is 1. The van der Waals surface area contributed by atoms with Crippen LogP contribution < -0.4 is 9.47 Å². The molecule has 2 aromatic rings. The van der Waals surface area contributed by atoms with Crippen molar-refractivity contribution in [1.29, 1.82) is 0 Å². The van der Waals surface area contributed by atoms with Gasteiger partial charge in [0.25, 0.3) is 0 Å². The summed E-state index contributed by atoms with van der Waals surface area (Å²) in [6.07, 6.45) is 1.72. The van der Waals surface area contributed by atoms with Crippen molar-refractivity contribution in [1.82, 2.24) is 4.98 Å². The van der Waals surface area contributed by atoms with Crippen LogP contribution in [0.15, 0.2) is 42.6 Å². The topological polar surface area (TPSA) is 57.7 Å². The number of nitrogens with zero attached hydrogens (tertiary/aromatic N) is 1. The molecule has 0 aliphatic carbocycles. The van der Waals surface area contributed by atoms with Gasteiger partial charge in [-0.15, -0.1) is 0 Å². The van der Waals surface area contributed by atoms with E-state index in [0.29, 0.717) is 22.9 Å². The Balaban J connectivity index is 2.22. The minimum Gasteiger partial charge on any atom is -0.497 e. The zero-order chi connectivity index (χ0) is 14.4. The molecule has 1 aromatic carbocycles. The molecule has 5 heteroatoms. The molecule has 1 aromatic heterocycles. The number of pyridine rings is 1. The van der Waals surface area contributed by atoms with E-state index in [1.807, 2.05) is 12.1 Å². The Hall–Kier alpha value is -2.56. The van der Waals surface area contributed by atoms with Crippen LogP contribution in [0, 0.1) is 0 Å². The SMILES string of the molecule is COC(=O)Cc1cccnc1Oc1cccc(OC)c1. The molecule has 0 amide bonds. The largest absolute Gasteiger partial charge is 0.497 e. The Morgan fingerprint density at radius 2 is 1.95 bits per heavy atom. The van der Waals surface area contributed by atoms with Crippen molar-refractivity contribution in [3.63, 3.8) is 0 Å². The van der Waals surface area contributed by atoms with E-state index >= 15 is 0 Å². The van der Waals surface area contributed by atoms with Gasteiger partial charge in [0, 0.05) is 17.8 Å². The standard InChI is InChI=1S/C15H15NO4/c1-18-12-6-3-7-13(10-12)20-15-11(5-4-8-16-15)9-14(17)19-2/h3-8,10H,9H2,1-2H3. The molecule has 2 rings (SSSR count). The summed E-state index contributed by atoms with van der Waals surface area (Å²) in [4.78, 5) is 15.5. The molecule has 0 bridgehead atoms. The number of esters is 1. The Morgan fingerprint density at radius 3 is 2.70 bits per heavy atom. The summed E-state index contributed by atoms with van der Waals surface area (Å²) in [5.41, 5.74) is 0.669. The molecular weight excluding hydrogens is 258 g/mol. The minimum absolute atomic E-state index is 0.115. The summed E-state index contributed by atoms with van der Waals surface area (Å²) in [5.74, 6) is 1.32. The maximum absolute atomic E-state index is 11.4. The number of aromatic nitrogens is 1. The first-order chi connectivity index (χ1) is 9.72. The van der Waals surface area contributed by atoms with Crippen molar-refractivity contribution in [2.45, 2.75) is 6.42 Å². The molecule has 0 spiro atoms. The van der Waals surface area contributed by atoms with Crippen molar-refractivity contribution < 1.29 is 19.0 Å². The van der Waals surface area contributed by atoms with E-state index in [0.717, 1.165) is 0 Å². The lowest BCUT2D eigenvalue weighted by Gasteiger charge is -2.10. The van der Waals surface area contributed by atoms with E-state index in [9.17, 15) is 4.79 Å². The van der Waals surface area contributed by atoms with E-state index < -0.39 is 0 Å². The van der Waals surface area contributed by atoms with Crippen LogP contribution in [0.2, 0.25) is 0 Å². The van der Waals surface area contributed by atoms with Crippen molar-refractivity contribution in [3.05, 3.63) is 48.2 Å². The summed E-state index contributed by atoms with van der Waals surface area (Å²) in [5, 5.41) is 0. The smallest absolute Gasteiger partial charge is 0.310 e. The zero-order valence-corrected chi connectivity index (χ0v) is 11.3. The van der Waals surface area contributed by atoms with Gasteiger partial charge in [0.1, 0.15) is 11.5 Å². The van der Waals surface area contributed by atoms with E-state index in [4.69, 9.17) is 9.47 Å². The predicted octanol–water partition coefficient (Wildman–Crippen LogP) is 2.60. The Labute approximate surface area is 117 Å². The van der Waals surface area contributed by atoms with Gasteiger partial charge in [-0.2, -0.15) is 0 Å². The highest BCUT2D eigenvalue weighted by Gasteiger charge is 2.11. The Bertz CT molecular complexity index is 598. The van der Waals surface area contributed by atoms with Gasteiger partial charge < -0.3 is 14.2 Å². The molecule has 0 N–H and O–H groups in total. The van der Waals surface area contributed by atoms with Gasteiger partial charge in [-0.3, -0.25) is 4.79 Å². The quantitative estimate of drug-likeness (QED) is 0.784. The number of carbonyl (C=O) groups is 1. The summed E-state index contributed by atoms with van der Waals surface area (Å²) >= 11 is 0. The second kappa shape index (κ2) is 6.56. The number of methoxy groups -OCH3 is 2. The normalized spacial score (nSPS) is 9.90. The molecule has 20 heavy (non-hydrogen) atoms. The summed E-state index contributed by atoms with van der Waals surface area (Å²) in [6.45, 7) is 0. The number of benzene rings is 1. The fourth-order valence-electron chi connectivity index (χ4n) is 1.65. The minimum atomic E-state index is -0.339. The molecule has 0 unspecified atom stereocenters. The van der Waals surface area contributed by atoms with Gasteiger partial charge in [0.15, 0.2) is 0 Å². The monoisotopic (exact) mass is 273 g/mol. The number of rotatable bonds is 5. The third kappa shape index (κ3) is 3.47. The van der Waals surface area contributed by atoms with Crippen LogP contribution in [0.1, 0.15) is 5.56 Å². The van der Waals surface area contributed by atoms with E-state index in [1.54, 1.807) is 37.6 Å². The lowest BCUT2D eigenvalue weighted by atomic mass is 10.2. The molecule has 0 atom stereocenters. The predicted molar refractivity (Wildman–Crippen MR) is 73.0 cm³/mol. The summed E-state index contributed by atoms with van der Waals surface area (Å²) in [6, 6.07) is 10.7. The first kappa shape index (κ1) is 13.9. The van der Waals surface area contributed by atoms with Crippen LogP contribution in [-0.4, -0.2) is 25.2 Å². The number of ether oxygens (including phenoxy) is 3. The molecule has 104 valence electrons. The molecular formula is C15H15NO4. The molecule has 5 nitrogen and oxygen atoms in total. The number of hydrogen-bond acceptors (Lipinski definition) is 5. The average molecular weight is 273 g/mol. The highest BCUT2D eigenvalue weighted by Crippen LogP contribution is 2.26. The van der Waals surface area contributed by atoms with Gasteiger partial charge in [-0.1, -0.05) is 12.1 Å². The van der Waals surface area contributed by atoms with Crippen molar-refractivity contribution >= 4 is 5.97 Å². The molecule has 0 saturated heterocycles. The van der Waals surface area contributed by atoms with E-state index in [2.05, 4.69) is 9.72 Å². The maximum Gasteiger partial charge on any atom is 0.310 e. The third-order valence-corrected chi connectivity index (χ3v) is 2.67. The second-order valence-electron chi connectivity index (χ2n) is 4.00. The molecule has 0 aliphatic heterocycles. The average Bonchev–Trinajstić information content (AvgIpc) is 2.49. The van der Waals surface area contributed by atoms with Crippen molar-refractivity contribution in [2.24, 2.45) is 0 Å². The highest BCUT2D eigenvalue weighted by molar-refractivity contribution is 5.73. The first-order valence-electron chi connectivity index (χ1n) is 6.05. The number of hydrogen-bond donors (Lipinski definition) is 0. The van der Waals surface area contributed by atoms with Crippen LogP contribution in [0.4, 0.5) is 0 Å². The van der Waals surface area contributed by atoms with Gasteiger partial charge >= 0.3 is 5.97 Å². The van der Waals surface area contributed by atoms with Crippen molar-refractivity contribution in [2.75, 3.05) is 14.2 Å². The molecule has 0 fully saturated rings. The van der Waals surface area contributed by atoms with Gasteiger partial charge in [0.05, 0.1) is 20.6 Å². The fraction of sp³-hybridized carbons (Fsp3) is 0.200. The van der Waals surface area contributed by atoms with E-state index in [-0.39, 0.29) is 12.4 Å². The molecule has 1 heterocycles. The van der Waals surface area contributed by atoms with E-state index in [1.165, 1.54) is 7.11 Å². The van der Waals surface area contributed by atoms with Gasteiger partial charge in [-0.05, 0) is 18.2 Å². The summed E-state index contributed by atoms with van der Waals surface area (Å²) < 4.78 is 15.5. The van der Waals surface area contributed by atoms with Crippen LogP contribution >= 0.6 is 0 Å². The van der Waals surface area contributed by atoms with Crippen LogP contribution in [0.5, 0.6) is 17.4 Å². The van der Waals surface area contributed by atoms with Crippen LogP contribution in [-0.2, 0) is 16.0 Å². The second-order valence-corrected chi connectivity index (χ2v) is 4.00. The highest BCUT2D eigenvalue weighted by atomic mass is 16.5. The van der Waals surface area contributed by atoms with Crippen LogP contribution in [0.25, 0.3) is 0 Å². The van der Waals surface area contributed by atoms with Crippen LogP contribution in [0.3, 0.4) is 0 Å². The maximum atomic E-state index is 11.4. The Kier molecular flexibility index (Phi) is 4.55. The fourth-order valence-corrected chi connectivity index (χ4v) is 1.65. The zero-order valence-electron chi connectivity index (χ0n) is 11.3. The first-order valence-corrected chi connectivity index (χ1v) is 6.05. The van der Waals surface area contributed by atoms with Gasteiger partial charge in [0.2, 0.25) is 5.88 Å². The molecule has 0 aliphatic rings. The lowest BCUT2D eigenvalue weighted by Crippen LogP contribution is -2.06. The third-order valence-electron chi connectivity index (χ3n) is 2.67. The molecule has 0 radical (unpaired) electrons. The Morgan fingerprint density at radius 1 is 1.15 bits per heavy atom. The lowest BCUT2D eigenvalue weighted by molar-refractivity contribution is -0.139. The van der Waals surface area contributed by atoms with Crippen molar-refractivity contribution in [3.8, 4) is 17.4 Å². The van der Waals surface area contributed by atoms with Gasteiger partial charge in [-0.25, -0.2) is 4.98 Å².